The average molecular weight is 283 g/mol. The molecule has 0 spiro atoms. The maximum Gasteiger partial charge on any atom is 0.143 e. The van der Waals surface area contributed by atoms with Gasteiger partial charge >= 0.3 is 0 Å². The molecule has 3 heterocycles. The van der Waals surface area contributed by atoms with E-state index in [1.165, 1.54) is 0 Å². The molecule has 2 atom stereocenters. The number of ether oxygens (including phenoxy) is 1. The summed E-state index contributed by atoms with van der Waals surface area (Å²) >= 11 is 0. The van der Waals surface area contributed by atoms with Crippen LogP contribution in [0.4, 0.5) is 5.82 Å². The molecular formula is C15H17N5O. The number of hydrogen-bond donors (Lipinski definition) is 1. The summed E-state index contributed by atoms with van der Waals surface area (Å²) in [4.78, 5) is 4.22. The summed E-state index contributed by atoms with van der Waals surface area (Å²) in [6.07, 6.45) is 4.50. The first-order valence-corrected chi connectivity index (χ1v) is 6.98. The van der Waals surface area contributed by atoms with Crippen molar-refractivity contribution in [3.8, 4) is 6.07 Å². The molecule has 0 radical (unpaired) electrons. The summed E-state index contributed by atoms with van der Waals surface area (Å²) in [5.41, 5.74) is 1.65. The van der Waals surface area contributed by atoms with Crippen molar-refractivity contribution in [1.82, 2.24) is 14.8 Å². The highest BCUT2D eigenvalue weighted by Crippen LogP contribution is 2.34. The minimum Gasteiger partial charge on any atom is -0.372 e. The average Bonchev–Trinajstić information content (AvgIpc) is 3.13. The highest BCUT2D eigenvalue weighted by molar-refractivity contribution is 5.51. The van der Waals surface area contributed by atoms with Gasteiger partial charge in [0.25, 0.3) is 0 Å². The largest absolute Gasteiger partial charge is 0.372 e. The highest BCUT2D eigenvalue weighted by Gasteiger charge is 2.31. The molecule has 0 bridgehead atoms. The van der Waals surface area contributed by atoms with E-state index in [1.807, 2.05) is 17.8 Å². The predicted octanol–water partition coefficient (Wildman–Crippen LogP) is 1.88. The second-order valence-corrected chi connectivity index (χ2v) is 5.11. The van der Waals surface area contributed by atoms with Crippen molar-refractivity contribution in [1.29, 1.82) is 5.26 Å². The quantitative estimate of drug-likeness (QED) is 0.927. The number of aryl methyl sites for hydroxylation is 1. The van der Waals surface area contributed by atoms with Gasteiger partial charge in [-0.3, -0.25) is 4.68 Å². The molecule has 0 amide bonds. The van der Waals surface area contributed by atoms with E-state index in [0.29, 0.717) is 17.3 Å². The van der Waals surface area contributed by atoms with E-state index in [9.17, 15) is 0 Å². The molecule has 3 rings (SSSR count). The van der Waals surface area contributed by atoms with E-state index in [-0.39, 0.29) is 6.10 Å². The molecule has 1 saturated heterocycles. The summed E-state index contributed by atoms with van der Waals surface area (Å²) in [5.74, 6) is 0.976. The smallest absolute Gasteiger partial charge is 0.143 e. The maximum absolute atomic E-state index is 9.08. The van der Waals surface area contributed by atoms with E-state index in [4.69, 9.17) is 10.00 Å². The monoisotopic (exact) mass is 283 g/mol. The lowest BCUT2D eigenvalue weighted by Crippen LogP contribution is -2.20. The fraction of sp³-hybridized carbons (Fsp3) is 0.400. The van der Waals surface area contributed by atoms with E-state index in [2.05, 4.69) is 21.5 Å². The Kier molecular flexibility index (Phi) is 3.84. The van der Waals surface area contributed by atoms with Crippen LogP contribution in [0.1, 0.15) is 23.8 Å². The molecule has 6 nitrogen and oxygen atoms in total. The van der Waals surface area contributed by atoms with Crippen LogP contribution in [-0.4, -0.2) is 27.9 Å². The summed E-state index contributed by atoms with van der Waals surface area (Å²) in [6, 6.07) is 7.67. The summed E-state index contributed by atoms with van der Waals surface area (Å²) in [5, 5.41) is 16.6. The number of rotatable bonds is 4. The van der Waals surface area contributed by atoms with Gasteiger partial charge in [0.2, 0.25) is 0 Å². The van der Waals surface area contributed by atoms with Crippen LogP contribution in [0, 0.1) is 17.2 Å². The number of nitrogens with one attached hydrogen (secondary N) is 1. The number of hydrogen-bond acceptors (Lipinski definition) is 5. The molecule has 21 heavy (non-hydrogen) atoms. The minimum absolute atomic E-state index is 0.0410. The van der Waals surface area contributed by atoms with Crippen molar-refractivity contribution in [2.45, 2.75) is 12.5 Å². The molecule has 0 aliphatic carbocycles. The van der Waals surface area contributed by atoms with E-state index >= 15 is 0 Å². The molecule has 108 valence electrons. The standard InChI is InChI=1S/C15H17N5O/c1-20-13(4-7-19-20)14-12(5-8-21-14)10-18-15-11(9-16)3-2-6-17-15/h2-4,6-7,12,14H,5,8,10H2,1H3,(H,17,18)/t12-,14+/m0/s1. The van der Waals surface area contributed by atoms with Crippen molar-refractivity contribution in [2.24, 2.45) is 13.0 Å². The number of nitriles is 1. The SMILES string of the molecule is Cn1nccc1[C@@H]1OCC[C@H]1CNc1ncccc1C#N. The molecule has 2 aromatic heterocycles. The molecule has 0 aromatic carbocycles. The summed E-state index contributed by atoms with van der Waals surface area (Å²) in [7, 11) is 1.92. The van der Waals surface area contributed by atoms with Crippen molar-refractivity contribution >= 4 is 5.82 Å². The zero-order valence-electron chi connectivity index (χ0n) is 11.9. The van der Waals surface area contributed by atoms with Crippen LogP contribution in [0.2, 0.25) is 0 Å². The first-order chi connectivity index (χ1) is 10.3. The Morgan fingerprint density at radius 1 is 1.48 bits per heavy atom. The maximum atomic E-state index is 9.08. The topological polar surface area (TPSA) is 75.8 Å². The van der Waals surface area contributed by atoms with Crippen molar-refractivity contribution in [3.63, 3.8) is 0 Å². The van der Waals surface area contributed by atoms with Gasteiger partial charge in [0.15, 0.2) is 0 Å². The number of anilines is 1. The highest BCUT2D eigenvalue weighted by atomic mass is 16.5. The third-order valence-corrected chi connectivity index (χ3v) is 3.82. The molecule has 6 heteroatoms. The van der Waals surface area contributed by atoms with Crippen LogP contribution in [0.15, 0.2) is 30.6 Å². The molecular weight excluding hydrogens is 266 g/mol. The van der Waals surface area contributed by atoms with E-state index in [0.717, 1.165) is 25.3 Å². The number of aromatic nitrogens is 3. The number of pyridine rings is 1. The van der Waals surface area contributed by atoms with Crippen molar-refractivity contribution in [2.75, 3.05) is 18.5 Å². The fourth-order valence-electron chi connectivity index (χ4n) is 2.70. The van der Waals surface area contributed by atoms with Crippen LogP contribution in [-0.2, 0) is 11.8 Å². The number of nitrogens with zero attached hydrogens (tertiary/aromatic N) is 4. The Morgan fingerprint density at radius 2 is 2.38 bits per heavy atom. The lowest BCUT2D eigenvalue weighted by molar-refractivity contribution is 0.0866. The van der Waals surface area contributed by atoms with Gasteiger partial charge in [0.1, 0.15) is 18.0 Å². The Bertz CT molecular complexity index is 660. The third-order valence-electron chi connectivity index (χ3n) is 3.82. The molecule has 0 unspecified atom stereocenters. The van der Waals surface area contributed by atoms with Gasteiger partial charge in [0, 0.05) is 38.5 Å². The van der Waals surface area contributed by atoms with Gasteiger partial charge in [-0.25, -0.2) is 4.98 Å². The third kappa shape index (κ3) is 2.73. The Balaban J connectivity index is 1.70. The molecule has 1 aliphatic heterocycles. The van der Waals surface area contributed by atoms with Crippen LogP contribution in [0.5, 0.6) is 0 Å². The summed E-state index contributed by atoms with van der Waals surface area (Å²) in [6.45, 7) is 1.47. The zero-order valence-corrected chi connectivity index (χ0v) is 11.9. The minimum atomic E-state index is 0.0410. The van der Waals surface area contributed by atoms with Crippen LogP contribution >= 0.6 is 0 Å². The Hall–Kier alpha value is -2.39. The fourth-order valence-corrected chi connectivity index (χ4v) is 2.70. The lowest BCUT2D eigenvalue weighted by Gasteiger charge is -2.19. The van der Waals surface area contributed by atoms with Gasteiger partial charge < -0.3 is 10.1 Å². The predicted molar refractivity (Wildman–Crippen MR) is 77.4 cm³/mol. The van der Waals surface area contributed by atoms with Gasteiger partial charge in [0.05, 0.1) is 11.3 Å². The second kappa shape index (κ2) is 5.94. The van der Waals surface area contributed by atoms with Crippen LogP contribution in [0.25, 0.3) is 0 Å². The molecule has 1 fully saturated rings. The Labute approximate surface area is 123 Å². The van der Waals surface area contributed by atoms with Crippen LogP contribution < -0.4 is 5.32 Å². The first kappa shape index (κ1) is 13.6. The second-order valence-electron chi connectivity index (χ2n) is 5.11. The zero-order chi connectivity index (χ0) is 14.7. The van der Waals surface area contributed by atoms with E-state index < -0.39 is 0 Å². The lowest BCUT2D eigenvalue weighted by atomic mass is 9.99. The van der Waals surface area contributed by atoms with Gasteiger partial charge in [-0.1, -0.05) is 0 Å². The van der Waals surface area contributed by atoms with E-state index in [1.54, 1.807) is 24.5 Å². The molecule has 2 aromatic rings. The molecule has 1 aliphatic rings. The summed E-state index contributed by atoms with van der Waals surface area (Å²) < 4.78 is 7.70. The molecule has 0 saturated carbocycles. The first-order valence-electron chi connectivity index (χ1n) is 6.98. The van der Waals surface area contributed by atoms with Crippen molar-refractivity contribution < 1.29 is 4.74 Å². The normalized spacial score (nSPS) is 21.1. The van der Waals surface area contributed by atoms with Gasteiger partial charge in [-0.2, -0.15) is 10.4 Å². The van der Waals surface area contributed by atoms with Gasteiger partial charge in [-0.05, 0) is 24.6 Å². The van der Waals surface area contributed by atoms with Crippen LogP contribution in [0.3, 0.4) is 0 Å². The van der Waals surface area contributed by atoms with Crippen molar-refractivity contribution in [3.05, 3.63) is 41.9 Å². The Morgan fingerprint density at radius 3 is 3.14 bits per heavy atom. The van der Waals surface area contributed by atoms with Gasteiger partial charge in [-0.15, -0.1) is 0 Å². The molecule has 1 N–H and O–H groups in total.